The van der Waals surface area contributed by atoms with E-state index in [1.807, 2.05) is 83.1 Å². The lowest BCUT2D eigenvalue weighted by molar-refractivity contribution is -0.120. The maximum Gasteiger partial charge on any atom is 0.282 e. The summed E-state index contributed by atoms with van der Waals surface area (Å²) >= 11 is 0. The van der Waals surface area contributed by atoms with Crippen LogP contribution in [0, 0.1) is 20.8 Å². The Morgan fingerprint density at radius 2 is 1.52 bits per heavy atom. The van der Waals surface area contributed by atoms with Gasteiger partial charge in [-0.2, -0.15) is 0 Å². The SMILES string of the molecule is Cc1ccc(C2=C(Nc3cccc(C)c3C)C(=O)N(c3ccccc3OC(C)C)C2=O)cc1. The standard InChI is InChI=1S/C28H28N2O3/c1-17(2)33-24-12-7-6-11-23(24)30-27(31)25(21-15-13-18(3)14-16-21)26(28(30)32)29-22-10-8-9-19(4)20(22)5/h6-17,29H,1-5H3. The number of para-hydroxylation sites is 2. The molecule has 0 bridgehead atoms. The van der Waals surface area contributed by atoms with Crippen LogP contribution in [0.25, 0.3) is 5.57 Å². The van der Waals surface area contributed by atoms with Gasteiger partial charge in [0.05, 0.1) is 17.4 Å². The first-order valence-corrected chi connectivity index (χ1v) is 11.1. The Morgan fingerprint density at radius 3 is 2.21 bits per heavy atom. The van der Waals surface area contributed by atoms with Crippen LogP contribution in [-0.4, -0.2) is 17.9 Å². The quantitative estimate of drug-likeness (QED) is 0.493. The van der Waals surface area contributed by atoms with Crippen molar-refractivity contribution in [2.24, 2.45) is 0 Å². The number of rotatable bonds is 6. The average Bonchev–Trinajstić information content (AvgIpc) is 3.01. The molecular formula is C28H28N2O3. The topological polar surface area (TPSA) is 58.6 Å². The maximum atomic E-state index is 13.7. The van der Waals surface area contributed by atoms with E-state index < -0.39 is 5.91 Å². The Labute approximate surface area is 194 Å². The lowest BCUT2D eigenvalue weighted by atomic mass is 10.0. The number of amides is 2. The van der Waals surface area contributed by atoms with Crippen molar-refractivity contribution >= 4 is 28.8 Å². The molecule has 0 atom stereocenters. The zero-order valence-electron chi connectivity index (χ0n) is 19.6. The summed E-state index contributed by atoms with van der Waals surface area (Å²) in [5.41, 5.74) is 5.73. The first kappa shape index (κ1) is 22.3. The number of imide groups is 1. The van der Waals surface area contributed by atoms with Crippen LogP contribution in [0.1, 0.15) is 36.1 Å². The molecule has 168 valence electrons. The molecule has 0 spiro atoms. The number of benzene rings is 3. The van der Waals surface area contributed by atoms with E-state index in [0.29, 0.717) is 22.6 Å². The molecular weight excluding hydrogens is 412 g/mol. The Hall–Kier alpha value is -3.86. The minimum Gasteiger partial charge on any atom is -0.489 e. The predicted molar refractivity (Wildman–Crippen MR) is 132 cm³/mol. The Bertz CT molecular complexity index is 1260. The van der Waals surface area contributed by atoms with Gasteiger partial charge in [-0.1, -0.05) is 54.1 Å². The van der Waals surface area contributed by atoms with E-state index >= 15 is 0 Å². The highest BCUT2D eigenvalue weighted by molar-refractivity contribution is 6.46. The Kier molecular flexibility index (Phi) is 6.05. The highest BCUT2D eigenvalue weighted by Gasteiger charge is 2.41. The molecule has 5 heteroatoms. The number of ether oxygens (including phenoxy) is 1. The zero-order valence-corrected chi connectivity index (χ0v) is 19.6. The van der Waals surface area contributed by atoms with Gasteiger partial charge in [0.2, 0.25) is 0 Å². The summed E-state index contributed by atoms with van der Waals surface area (Å²) in [5.74, 6) is -0.293. The van der Waals surface area contributed by atoms with Crippen molar-refractivity contribution in [3.8, 4) is 5.75 Å². The molecule has 1 N–H and O–H groups in total. The predicted octanol–water partition coefficient (Wildman–Crippen LogP) is 5.80. The fraction of sp³-hybridized carbons (Fsp3) is 0.214. The summed E-state index contributed by atoms with van der Waals surface area (Å²) in [6.07, 6.45) is -0.101. The van der Waals surface area contributed by atoms with E-state index in [0.717, 1.165) is 22.4 Å². The number of anilines is 2. The molecule has 33 heavy (non-hydrogen) atoms. The summed E-state index contributed by atoms with van der Waals surface area (Å²) in [6.45, 7) is 9.82. The fourth-order valence-electron chi connectivity index (χ4n) is 3.87. The third-order valence-corrected chi connectivity index (χ3v) is 5.76. The van der Waals surface area contributed by atoms with Gasteiger partial charge in [0.25, 0.3) is 11.8 Å². The summed E-state index contributed by atoms with van der Waals surface area (Å²) in [7, 11) is 0. The largest absolute Gasteiger partial charge is 0.489 e. The molecule has 1 heterocycles. The van der Waals surface area contributed by atoms with Gasteiger partial charge in [0.15, 0.2) is 0 Å². The molecule has 0 saturated heterocycles. The minimum atomic E-state index is -0.406. The van der Waals surface area contributed by atoms with E-state index in [1.165, 1.54) is 4.90 Å². The average molecular weight is 441 g/mol. The van der Waals surface area contributed by atoms with Crippen LogP contribution >= 0.6 is 0 Å². The van der Waals surface area contributed by atoms with Crippen molar-refractivity contribution in [3.05, 3.63) is 94.7 Å². The molecule has 0 saturated carbocycles. The van der Waals surface area contributed by atoms with Crippen LogP contribution in [0.5, 0.6) is 5.75 Å². The lowest BCUT2D eigenvalue weighted by Gasteiger charge is -2.20. The molecule has 3 aromatic rings. The second kappa shape index (κ2) is 8.94. The van der Waals surface area contributed by atoms with Crippen molar-refractivity contribution in [3.63, 3.8) is 0 Å². The highest BCUT2D eigenvalue weighted by Crippen LogP contribution is 2.38. The molecule has 1 aliphatic rings. The summed E-state index contributed by atoms with van der Waals surface area (Å²) in [5, 5.41) is 3.28. The first-order chi connectivity index (χ1) is 15.8. The van der Waals surface area contributed by atoms with Gasteiger partial charge in [-0.25, -0.2) is 4.90 Å². The molecule has 0 aromatic heterocycles. The number of hydrogen-bond donors (Lipinski definition) is 1. The molecule has 0 aliphatic carbocycles. The van der Waals surface area contributed by atoms with Crippen LogP contribution in [0.2, 0.25) is 0 Å². The van der Waals surface area contributed by atoms with Gasteiger partial charge in [-0.15, -0.1) is 0 Å². The molecule has 0 unspecified atom stereocenters. The minimum absolute atomic E-state index is 0.101. The number of aryl methyl sites for hydroxylation is 2. The number of carbonyl (C=O) groups is 2. The van der Waals surface area contributed by atoms with Crippen molar-refractivity contribution < 1.29 is 14.3 Å². The van der Waals surface area contributed by atoms with E-state index in [4.69, 9.17) is 4.74 Å². The molecule has 5 nitrogen and oxygen atoms in total. The van der Waals surface area contributed by atoms with E-state index in [2.05, 4.69) is 5.32 Å². The molecule has 1 aliphatic heterocycles. The van der Waals surface area contributed by atoms with Gasteiger partial charge in [0.1, 0.15) is 11.4 Å². The van der Waals surface area contributed by atoms with E-state index in [9.17, 15) is 9.59 Å². The van der Waals surface area contributed by atoms with Crippen LogP contribution in [0.3, 0.4) is 0 Å². The Morgan fingerprint density at radius 1 is 0.818 bits per heavy atom. The first-order valence-electron chi connectivity index (χ1n) is 11.1. The normalized spacial score (nSPS) is 13.8. The molecule has 3 aromatic carbocycles. The van der Waals surface area contributed by atoms with Crippen molar-refractivity contribution in [2.45, 2.75) is 40.7 Å². The second-order valence-corrected chi connectivity index (χ2v) is 8.57. The van der Waals surface area contributed by atoms with Gasteiger partial charge in [-0.05, 0) is 69.5 Å². The maximum absolute atomic E-state index is 13.7. The number of carbonyl (C=O) groups excluding carboxylic acids is 2. The van der Waals surface area contributed by atoms with Gasteiger partial charge >= 0.3 is 0 Å². The smallest absolute Gasteiger partial charge is 0.282 e. The van der Waals surface area contributed by atoms with Gasteiger partial charge in [0, 0.05) is 5.69 Å². The highest BCUT2D eigenvalue weighted by atomic mass is 16.5. The Balaban J connectivity index is 1.85. The van der Waals surface area contributed by atoms with Crippen molar-refractivity contribution in [1.82, 2.24) is 0 Å². The van der Waals surface area contributed by atoms with Crippen LogP contribution in [0.4, 0.5) is 11.4 Å². The third kappa shape index (κ3) is 4.27. The van der Waals surface area contributed by atoms with Crippen LogP contribution in [0.15, 0.2) is 72.4 Å². The number of nitrogens with one attached hydrogen (secondary N) is 1. The summed E-state index contributed by atoms with van der Waals surface area (Å²) < 4.78 is 5.91. The molecule has 0 radical (unpaired) electrons. The summed E-state index contributed by atoms with van der Waals surface area (Å²) in [6, 6.07) is 20.6. The third-order valence-electron chi connectivity index (χ3n) is 5.76. The number of nitrogens with zero attached hydrogens (tertiary/aromatic N) is 1. The zero-order chi connectivity index (χ0) is 23.7. The van der Waals surface area contributed by atoms with Crippen LogP contribution in [-0.2, 0) is 9.59 Å². The van der Waals surface area contributed by atoms with E-state index in [1.54, 1.807) is 18.2 Å². The molecule has 0 fully saturated rings. The molecule has 2 amide bonds. The fourth-order valence-corrected chi connectivity index (χ4v) is 3.87. The van der Waals surface area contributed by atoms with Gasteiger partial charge < -0.3 is 10.1 Å². The monoisotopic (exact) mass is 440 g/mol. The van der Waals surface area contributed by atoms with Gasteiger partial charge in [-0.3, -0.25) is 9.59 Å². The van der Waals surface area contributed by atoms with E-state index in [-0.39, 0.29) is 17.7 Å². The lowest BCUT2D eigenvalue weighted by Crippen LogP contribution is -2.33. The number of hydrogen-bond acceptors (Lipinski definition) is 4. The molecule has 4 rings (SSSR count). The van der Waals surface area contributed by atoms with Crippen molar-refractivity contribution in [1.29, 1.82) is 0 Å². The van der Waals surface area contributed by atoms with Crippen molar-refractivity contribution in [2.75, 3.05) is 10.2 Å². The summed E-state index contributed by atoms with van der Waals surface area (Å²) in [4.78, 5) is 28.7. The second-order valence-electron chi connectivity index (χ2n) is 8.57. The van der Waals surface area contributed by atoms with Crippen LogP contribution < -0.4 is 15.0 Å².